The molecule has 3 rings (SSSR count). The topological polar surface area (TPSA) is 106 Å². The van der Waals surface area contributed by atoms with Gasteiger partial charge in [0.05, 0.1) is 44.7 Å². The number of amides is 3. The molecule has 9 nitrogen and oxygen atoms in total. The molecule has 3 amide bonds. The molecule has 9 heteroatoms. The molecule has 0 radical (unpaired) electrons. The Balaban J connectivity index is 2.00. The zero-order valence-electron chi connectivity index (χ0n) is 19.9. The largest absolute Gasteiger partial charge is 0.497 e. The standard InChI is InChI=1S/C25H29N3O6/c1-15(2)34-13-12-28-24(30)22(17-6-8-18(9-7-17)26-16(3)29)23(25(28)31)27-20-11-10-19(32-4)14-21(20)33-5/h6-11,14-15,27H,12-13H2,1-5H3,(H,26,29). The van der Waals surface area contributed by atoms with Gasteiger partial charge in [0, 0.05) is 18.7 Å². The van der Waals surface area contributed by atoms with Crippen LogP contribution in [0.5, 0.6) is 11.5 Å². The third kappa shape index (κ3) is 5.55. The maximum absolute atomic E-state index is 13.3. The summed E-state index contributed by atoms with van der Waals surface area (Å²) in [4.78, 5) is 39.2. The van der Waals surface area contributed by atoms with Crippen molar-refractivity contribution < 1.29 is 28.6 Å². The number of imide groups is 1. The Hall–Kier alpha value is -3.85. The third-order valence-corrected chi connectivity index (χ3v) is 5.10. The maximum Gasteiger partial charge on any atom is 0.278 e. The molecule has 0 bridgehead atoms. The maximum atomic E-state index is 13.3. The fraction of sp³-hybridized carbons (Fsp3) is 0.320. The van der Waals surface area contributed by atoms with E-state index in [0.717, 1.165) is 4.90 Å². The summed E-state index contributed by atoms with van der Waals surface area (Å²) in [5, 5.41) is 5.78. The van der Waals surface area contributed by atoms with Gasteiger partial charge in [-0.3, -0.25) is 19.3 Å². The summed E-state index contributed by atoms with van der Waals surface area (Å²) >= 11 is 0. The van der Waals surface area contributed by atoms with E-state index in [9.17, 15) is 14.4 Å². The molecule has 0 aromatic heterocycles. The number of rotatable bonds is 10. The number of methoxy groups -OCH3 is 2. The van der Waals surface area contributed by atoms with Crippen molar-refractivity contribution in [2.24, 2.45) is 0 Å². The van der Waals surface area contributed by atoms with Crippen molar-refractivity contribution in [3.63, 3.8) is 0 Å². The van der Waals surface area contributed by atoms with E-state index < -0.39 is 11.8 Å². The summed E-state index contributed by atoms with van der Waals surface area (Å²) < 4.78 is 16.2. The van der Waals surface area contributed by atoms with Crippen LogP contribution in [-0.2, 0) is 19.1 Å². The van der Waals surface area contributed by atoms with Gasteiger partial charge in [0.25, 0.3) is 11.8 Å². The highest BCUT2D eigenvalue weighted by molar-refractivity contribution is 6.36. The quantitative estimate of drug-likeness (QED) is 0.517. The van der Waals surface area contributed by atoms with Gasteiger partial charge in [-0.05, 0) is 43.7 Å². The lowest BCUT2D eigenvalue weighted by atomic mass is 10.0. The van der Waals surface area contributed by atoms with Crippen LogP contribution in [0, 0.1) is 0 Å². The van der Waals surface area contributed by atoms with Crippen molar-refractivity contribution >= 4 is 34.7 Å². The third-order valence-electron chi connectivity index (χ3n) is 5.10. The Morgan fingerprint density at radius 2 is 1.71 bits per heavy atom. The minimum atomic E-state index is -0.462. The number of hydrogen-bond donors (Lipinski definition) is 2. The molecule has 2 aromatic carbocycles. The molecule has 1 aliphatic rings. The SMILES string of the molecule is COc1ccc(NC2=C(c3ccc(NC(C)=O)cc3)C(=O)N(CCOC(C)C)C2=O)c(OC)c1. The van der Waals surface area contributed by atoms with Crippen molar-refractivity contribution in [1.29, 1.82) is 0 Å². The van der Waals surface area contributed by atoms with Gasteiger partial charge in [0.2, 0.25) is 5.91 Å². The van der Waals surface area contributed by atoms with Crippen LogP contribution in [0.15, 0.2) is 48.2 Å². The first-order valence-corrected chi connectivity index (χ1v) is 10.8. The van der Waals surface area contributed by atoms with E-state index in [1.165, 1.54) is 14.0 Å². The number of hydrogen-bond acceptors (Lipinski definition) is 7. The number of carbonyl (C=O) groups excluding carboxylic acids is 3. The van der Waals surface area contributed by atoms with Crippen LogP contribution in [0.1, 0.15) is 26.3 Å². The first-order valence-electron chi connectivity index (χ1n) is 10.8. The van der Waals surface area contributed by atoms with Gasteiger partial charge in [-0.1, -0.05) is 12.1 Å². The van der Waals surface area contributed by atoms with Crippen molar-refractivity contribution in [2.45, 2.75) is 26.9 Å². The fourth-order valence-electron chi connectivity index (χ4n) is 3.50. The second-order valence-corrected chi connectivity index (χ2v) is 7.88. The minimum absolute atomic E-state index is 0.0253. The molecule has 1 heterocycles. The van der Waals surface area contributed by atoms with Crippen LogP contribution in [0.4, 0.5) is 11.4 Å². The Morgan fingerprint density at radius 1 is 1.00 bits per heavy atom. The molecule has 1 aliphatic heterocycles. The number of nitrogens with one attached hydrogen (secondary N) is 2. The van der Waals surface area contributed by atoms with Crippen LogP contribution >= 0.6 is 0 Å². The van der Waals surface area contributed by atoms with Crippen LogP contribution in [-0.4, -0.2) is 56.1 Å². The van der Waals surface area contributed by atoms with E-state index in [4.69, 9.17) is 14.2 Å². The van der Waals surface area contributed by atoms with Crippen LogP contribution in [0.2, 0.25) is 0 Å². The molecule has 2 N–H and O–H groups in total. The number of carbonyl (C=O) groups is 3. The fourth-order valence-corrected chi connectivity index (χ4v) is 3.50. The summed E-state index contributed by atoms with van der Waals surface area (Å²) in [5.74, 6) is -0.0550. The average Bonchev–Trinajstić information content (AvgIpc) is 3.03. The molecule has 0 atom stereocenters. The van der Waals surface area contributed by atoms with E-state index in [-0.39, 0.29) is 36.4 Å². The summed E-state index contributed by atoms with van der Waals surface area (Å²) in [5.41, 5.74) is 1.98. The average molecular weight is 468 g/mol. The predicted molar refractivity (Wildman–Crippen MR) is 129 cm³/mol. The first kappa shape index (κ1) is 24.8. The molecule has 180 valence electrons. The zero-order chi connectivity index (χ0) is 24.8. The Kier molecular flexibility index (Phi) is 7.91. The van der Waals surface area contributed by atoms with Crippen molar-refractivity contribution in [3.05, 3.63) is 53.7 Å². The van der Waals surface area contributed by atoms with Crippen molar-refractivity contribution in [2.75, 3.05) is 38.0 Å². The second kappa shape index (κ2) is 10.8. The van der Waals surface area contributed by atoms with Crippen LogP contribution in [0.25, 0.3) is 5.57 Å². The van der Waals surface area contributed by atoms with Crippen molar-refractivity contribution in [3.8, 4) is 11.5 Å². The number of ether oxygens (including phenoxy) is 3. The van der Waals surface area contributed by atoms with Gasteiger partial charge >= 0.3 is 0 Å². The molecule has 0 saturated carbocycles. The van der Waals surface area contributed by atoms with E-state index in [0.29, 0.717) is 28.4 Å². The van der Waals surface area contributed by atoms with E-state index >= 15 is 0 Å². The zero-order valence-corrected chi connectivity index (χ0v) is 19.9. The van der Waals surface area contributed by atoms with E-state index in [2.05, 4.69) is 10.6 Å². The molecule has 0 aliphatic carbocycles. The molecular weight excluding hydrogens is 438 g/mol. The highest BCUT2D eigenvalue weighted by atomic mass is 16.5. The molecular formula is C25H29N3O6. The molecule has 0 saturated heterocycles. The molecule has 0 fully saturated rings. The Bertz CT molecular complexity index is 1110. The summed E-state index contributed by atoms with van der Waals surface area (Å²) in [6.45, 7) is 5.53. The predicted octanol–water partition coefficient (Wildman–Crippen LogP) is 3.28. The van der Waals surface area contributed by atoms with Gasteiger partial charge in [-0.15, -0.1) is 0 Å². The van der Waals surface area contributed by atoms with Gasteiger partial charge in [0.1, 0.15) is 17.2 Å². The lowest BCUT2D eigenvalue weighted by molar-refractivity contribution is -0.138. The molecule has 34 heavy (non-hydrogen) atoms. The summed E-state index contributed by atoms with van der Waals surface area (Å²) in [6.07, 6.45) is -0.0253. The lowest BCUT2D eigenvalue weighted by Gasteiger charge is -2.17. The highest BCUT2D eigenvalue weighted by Gasteiger charge is 2.39. The number of anilines is 2. The van der Waals surface area contributed by atoms with E-state index in [1.54, 1.807) is 49.6 Å². The van der Waals surface area contributed by atoms with E-state index in [1.807, 2.05) is 13.8 Å². The molecule has 0 spiro atoms. The lowest BCUT2D eigenvalue weighted by Crippen LogP contribution is -2.35. The van der Waals surface area contributed by atoms with Crippen LogP contribution < -0.4 is 20.1 Å². The number of benzene rings is 2. The van der Waals surface area contributed by atoms with Gasteiger partial charge < -0.3 is 24.8 Å². The van der Waals surface area contributed by atoms with Crippen molar-refractivity contribution in [1.82, 2.24) is 4.90 Å². The Labute approximate surface area is 198 Å². The second-order valence-electron chi connectivity index (χ2n) is 7.88. The Morgan fingerprint density at radius 3 is 2.29 bits per heavy atom. The van der Waals surface area contributed by atoms with Gasteiger partial charge in [-0.2, -0.15) is 0 Å². The normalized spacial score (nSPS) is 13.5. The first-order chi connectivity index (χ1) is 16.2. The molecule has 2 aromatic rings. The highest BCUT2D eigenvalue weighted by Crippen LogP contribution is 2.35. The smallest absolute Gasteiger partial charge is 0.278 e. The minimum Gasteiger partial charge on any atom is -0.497 e. The monoisotopic (exact) mass is 467 g/mol. The summed E-state index contributed by atoms with van der Waals surface area (Å²) in [7, 11) is 3.05. The van der Waals surface area contributed by atoms with Crippen LogP contribution in [0.3, 0.4) is 0 Å². The van der Waals surface area contributed by atoms with Gasteiger partial charge in [0.15, 0.2) is 0 Å². The molecule has 0 unspecified atom stereocenters. The summed E-state index contributed by atoms with van der Waals surface area (Å²) in [6, 6.07) is 11.8. The number of nitrogens with zero attached hydrogens (tertiary/aromatic N) is 1. The van der Waals surface area contributed by atoms with Gasteiger partial charge in [-0.25, -0.2) is 0 Å².